The van der Waals surface area contributed by atoms with Crippen LogP contribution >= 0.6 is 0 Å². The van der Waals surface area contributed by atoms with E-state index in [9.17, 15) is 0 Å². The van der Waals surface area contributed by atoms with Gasteiger partial charge in [-0.1, -0.05) is 23.4 Å². The van der Waals surface area contributed by atoms with Crippen LogP contribution < -0.4 is 10.5 Å². The van der Waals surface area contributed by atoms with E-state index in [0.717, 1.165) is 22.8 Å². The fraction of sp³-hybridized carbons (Fsp3) is 0.0625. The summed E-state index contributed by atoms with van der Waals surface area (Å²) < 4.78 is 10.8. The predicted molar refractivity (Wildman–Crippen MR) is 76.3 cm³/mol. The zero-order valence-corrected chi connectivity index (χ0v) is 10.8. The van der Waals surface area contributed by atoms with Gasteiger partial charge in [0.05, 0.1) is 6.54 Å². The van der Waals surface area contributed by atoms with Gasteiger partial charge in [0.25, 0.3) is 0 Å². The lowest BCUT2D eigenvalue weighted by Crippen LogP contribution is -1.92. The van der Waals surface area contributed by atoms with Gasteiger partial charge in [-0.15, -0.1) is 0 Å². The molecule has 4 heteroatoms. The Kier molecular flexibility index (Phi) is 3.48. The van der Waals surface area contributed by atoms with Crippen LogP contribution in [0.2, 0.25) is 0 Å². The number of para-hydroxylation sites is 1. The van der Waals surface area contributed by atoms with E-state index in [0.29, 0.717) is 12.3 Å². The van der Waals surface area contributed by atoms with Crippen LogP contribution in [0, 0.1) is 0 Å². The van der Waals surface area contributed by atoms with E-state index in [-0.39, 0.29) is 0 Å². The van der Waals surface area contributed by atoms with Crippen LogP contribution in [0.1, 0.15) is 5.76 Å². The van der Waals surface area contributed by atoms with Crippen molar-refractivity contribution in [1.29, 1.82) is 0 Å². The first kappa shape index (κ1) is 12.4. The third-order valence-corrected chi connectivity index (χ3v) is 2.89. The molecule has 1 heterocycles. The highest BCUT2D eigenvalue weighted by Crippen LogP contribution is 2.25. The number of ether oxygens (including phenoxy) is 1. The number of nitrogens with two attached hydrogens (primary N) is 1. The van der Waals surface area contributed by atoms with Crippen molar-refractivity contribution in [2.75, 3.05) is 0 Å². The van der Waals surface area contributed by atoms with Crippen molar-refractivity contribution in [2.45, 2.75) is 6.54 Å². The van der Waals surface area contributed by atoms with Gasteiger partial charge in [0, 0.05) is 11.6 Å². The van der Waals surface area contributed by atoms with Crippen molar-refractivity contribution < 1.29 is 9.26 Å². The van der Waals surface area contributed by atoms with Crippen LogP contribution in [0.3, 0.4) is 0 Å². The molecule has 0 amide bonds. The number of hydrogen-bond donors (Lipinski definition) is 1. The Bertz CT molecular complexity index is 675. The molecule has 0 spiro atoms. The quantitative estimate of drug-likeness (QED) is 0.783. The molecule has 3 rings (SSSR count). The lowest BCUT2D eigenvalue weighted by atomic mass is 10.1. The van der Waals surface area contributed by atoms with E-state index in [2.05, 4.69) is 5.16 Å². The molecule has 0 bridgehead atoms. The Hall–Kier alpha value is -2.59. The average Bonchev–Trinajstić information content (AvgIpc) is 2.98. The van der Waals surface area contributed by atoms with Crippen LogP contribution in [0.25, 0.3) is 11.3 Å². The van der Waals surface area contributed by atoms with E-state index >= 15 is 0 Å². The lowest BCUT2D eigenvalue weighted by molar-refractivity contribution is 0.387. The Labute approximate surface area is 116 Å². The summed E-state index contributed by atoms with van der Waals surface area (Å²) in [5, 5.41) is 3.98. The SMILES string of the molecule is NCc1cc(-c2ccc(Oc3ccccc3)cc2)no1. The van der Waals surface area contributed by atoms with Gasteiger partial charge >= 0.3 is 0 Å². The summed E-state index contributed by atoms with van der Waals surface area (Å²) in [5.41, 5.74) is 7.24. The minimum atomic E-state index is 0.349. The zero-order chi connectivity index (χ0) is 13.8. The molecule has 0 fully saturated rings. The van der Waals surface area contributed by atoms with Crippen LogP contribution in [0.4, 0.5) is 0 Å². The fourth-order valence-electron chi connectivity index (χ4n) is 1.86. The smallest absolute Gasteiger partial charge is 0.150 e. The first-order valence-corrected chi connectivity index (χ1v) is 6.34. The number of rotatable bonds is 4. The number of aromatic nitrogens is 1. The highest BCUT2D eigenvalue weighted by molar-refractivity contribution is 5.60. The largest absolute Gasteiger partial charge is 0.457 e. The van der Waals surface area contributed by atoms with Crippen LogP contribution in [-0.4, -0.2) is 5.16 Å². The maximum atomic E-state index is 5.73. The Morgan fingerprint density at radius 2 is 1.65 bits per heavy atom. The van der Waals surface area contributed by atoms with Gasteiger partial charge in [-0.2, -0.15) is 0 Å². The van der Waals surface area contributed by atoms with Crippen molar-refractivity contribution in [3.8, 4) is 22.8 Å². The highest BCUT2D eigenvalue weighted by Gasteiger charge is 2.05. The van der Waals surface area contributed by atoms with E-state index in [1.54, 1.807) is 0 Å². The van der Waals surface area contributed by atoms with Crippen molar-refractivity contribution in [1.82, 2.24) is 5.16 Å². The average molecular weight is 266 g/mol. The van der Waals surface area contributed by atoms with Gasteiger partial charge in [-0.05, 0) is 36.4 Å². The molecule has 0 aliphatic rings. The minimum Gasteiger partial charge on any atom is -0.457 e. The van der Waals surface area contributed by atoms with Crippen LogP contribution in [0.15, 0.2) is 65.2 Å². The summed E-state index contributed by atoms with van der Waals surface area (Å²) in [6, 6.07) is 19.2. The molecular weight excluding hydrogens is 252 g/mol. The molecule has 0 unspecified atom stereocenters. The standard InChI is InChI=1S/C16H14N2O2/c17-11-15-10-16(18-20-15)12-6-8-14(9-7-12)19-13-4-2-1-3-5-13/h1-10H,11,17H2. The minimum absolute atomic E-state index is 0.349. The summed E-state index contributed by atoms with van der Waals surface area (Å²) in [6.07, 6.45) is 0. The molecule has 2 N–H and O–H groups in total. The summed E-state index contributed by atoms with van der Waals surface area (Å²) in [7, 11) is 0. The van der Waals surface area contributed by atoms with Gasteiger partial charge in [0.15, 0.2) is 5.76 Å². The Balaban J connectivity index is 1.77. The topological polar surface area (TPSA) is 61.3 Å². The first-order valence-electron chi connectivity index (χ1n) is 6.34. The first-order chi connectivity index (χ1) is 9.85. The molecule has 0 radical (unpaired) electrons. The maximum Gasteiger partial charge on any atom is 0.150 e. The molecule has 0 aliphatic heterocycles. The molecule has 1 aromatic heterocycles. The molecule has 100 valence electrons. The van der Waals surface area contributed by atoms with Crippen molar-refractivity contribution in [2.24, 2.45) is 5.73 Å². The summed E-state index contributed by atoms with van der Waals surface area (Å²) in [6.45, 7) is 0.349. The number of hydrogen-bond acceptors (Lipinski definition) is 4. The predicted octanol–water partition coefficient (Wildman–Crippen LogP) is 3.59. The third-order valence-electron chi connectivity index (χ3n) is 2.89. The van der Waals surface area contributed by atoms with Crippen LogP contribution in [0.5, 0.6) is 11.5 Å². The van der Waals surface area contributed by atoms with Gasteiger partial charge in [-0.3, -0.25) is 0 Å². The molecule has 20 heavy (non-hydrogen) atoms. The Morgan fingerprint density at radius 1 is 0.950 bits per heavy atom. The lowest BCUT2D eigenvalue weighted by Gasteiger charge is -2.05. The summed E-state index contributed by atoms with van der Waals surface area (Å²) in [4.78, 5) is 0. The van der Waals surface area contributed by atoms with Crippen molar-refractivity contribution in [3.63, 3.8) is 0 Å². The molecule has 2 aromatic carbocycles. The molecule has 0 atom stereocenters. The van der Waals surface area contributed by atoms with E-state index < -0.39 is 0 Å². The summed E-state index contributed by atoms with van der Waals surface area (Å²) >= 11 is 0. The molecule has 0 saturated carbocycles. The number of benzene rings is 2. The maximum absolute atomic E-state index is 5.73. The second-order valence-electron chi connectivity index (χ2n) is 4.32. The Morgan fingerprint density at radius 3 is 2.30 bits per heavy atom. The fourth-order valence-corrected chi connectivity index (χ4v) is 1.86. The normalized spacial score (nSPS) is 10.4. The van der Waals surface area contributed by atoms with E-state index in [1.165, 1.54) is 0 Å². The highest BCUT2D eigenvalue weighted by atomic mass is 16.5. The van der Waals surface area contributed by atoms with E-state index in [1.807, 2.05) is 60.7 Å². The summed E-state index contributed by atoms with van der Waals surface area (Å²) in [5.74, 6) is 2.26. The monoisotopic (exact) mass is 266 g/mol. The van der Waals surface area contributed by atoms with E-state index in [4.69, 9.17) is 15.0 Å². The van der Waals surface area contributed by atoms with Gasteiger partial charge < -0.3 is 15.0 Å². The van der Waals surface area contributed by atoms with Gasteiger partial charge in [-0.25, -0.2) is 0 Å². The molecule has 0 aliphatic carbocycles. The van der Waals surface area contributed by atoms with Crippen molar-refractivity contribution >= 4 is 0 Å². The second kappa shape index (κ2) is 5.59. The van der Waals surface area contributed by atoms with Gasteiger partial charge in [0.1, 0.15) is 17.2 Å². The van der Waals surface area contributed by atoms with Gasteiger partial charge in [0.2, 0.25) is 0 Å². The van der Waals surface area contributed by atoms with Crippen LogP contribution in [-0.2, 0) is 6.54 Å². The molecular formula is C16H14N2O2. The zero-order valence-electron chi connectivity index (χ0n) is 10.8. The molecule has 3 aromatic rings. The molecule has 4 nitrogen and oxygen atoms in total. The molecule has 0 saturated heterocycles. The third kappa shape index (κ3) is 2.70. The number of nitrogens with zero attached hydrogens (tertiary/aromatic N) is 1. The van der Waals surface area contributed by atoms with Crippen molar-refractivity contribution in [3.05, 3.63) is 66.4 Å². The second-order valence-corrected chi connectivity index (χ2v) is 4.32.